The number of nitrogens with one attached hydrogen (secondary N) is 1. The van der Waals surface area contributed by atoms with Gasteiger partial charge in [-0.3, -0.25) is 4.79 Å². The highest BCUT2D eigenvalue weighted by atomic mass is 16.3. The molecule has 1 aliphatic heterocycles. The third-order valence-corrected chi connectivity index (χ3v) is 5.07. The minimum atomic E-state index is -0.0421. The van der Waals surface area contributed by atoms with Crippen molar-refractivity contribution in [3.8, 4) is 0 Å². The topological polar surface area (TPSA) is 65.8 Å². The lowest BCUT2D eigenvalue weighted by atomic mass is 10.2. The van der Waals surface area contributed by atoms with E-state index in [4.69, 9.17) is 4.42 Å². The molecule has 2 heterocycles. The Morgan fingerprint density at radius 2 is 1.84 bits per heavy atom. The largest absolute Gasteiger partial charge is 0.466 e. The van der Waals surface area contributed by atoms with Crippen LogP contribution in [-0.4, -0.2) is 54.0 Å². The fourth-order valence-electron chi connectivity index (χ4n) is 3.33. The van der Waals surface area contributed by atoms with Crippen LogP contribution in [0.3, 0.4) is 0 Å². The van der Waals surface area contributed by atoms with E-state index in [1.807, 2.05) is 24.8 Å². The number of piperazine rings is 1. The minimum Gasteiger partial charge on any atom is -0.466 e. The molecule has 2 atom stereocenters. The van der Waals surface area contributed by atoms with Crippen LogP contribution < -0.4 is 5.32 Å². The summed E-state index contributed by atoms with van der Waals surface area (Å²) in [6.45, 7) is 8.52. The van der Waals surface area contributed by atoms with E-state index in [1.54, 1.807) is 4.90 Å². The summed E-state index contributed by atoms with van der Waals surface area (Å²) in [5, 5.41) is 2.89. The standard InChI is InChI=1S/C19H29N3O3/c1-13(2)20-19(24)22-10-8-21(9-11-22)18(23)7-5-15-4-6-17(25-15)16-12-14(16)3/h4,6,13-14,16H,5,7-12H2,1-3H3,(H,20,24). The zero-order chi connectivity index (χ0) is 18.0. The average molecular weight is 347 g/mol. The summed E-state index contributed by atoms with van der Waals surface area (Å²) in [6.07, 6.45) is 2.32. The lowest BCUT2D eigenvalue weighted by Crippen LogP contribution is -2.54. The van der Waals surface area contributed by atoms with E-state index >= 15 is 0 Å². The zero-order valence-electron chi connectivity index (χ0n) is 15.5. The third kappa shape index (κ3) is 4.55. The Balaban J connectivity index is 1.40. The molecule has 2 aliphatic rings. The smallest absolute Gasteiger partial charge is 0.317 e. The van der Waals surface area contributed by atoms with E-state index in [0.717, 1.165) is 17.4 Å². The summed E-state index contributed by atoms with van der Waals surface area (Å²) in [4.78, 5) is 28.0. The second-order valence-electron chi connectivity index (χ2n) is 7.60. The maximum absolute atomic E-state index is 12.4. The van der Waals surface area contributed by atoms with Crippen molar-refractivity contribution >= 4 is 11.9 Å². The first kappa shape index (κ1) is 17.8. The molecular formula is C19H29N3O3. The summed E-state index contributed by atoms with van der Waals surface area (Å²) in [5.41, 5.74) is 0. The van der Waals surface area contributed by atoms with E-state index in [1.165, 1.54) is 6.42 Å². The van der Waals surface area contributed by atoms with Crippen molar-refractivity contribution in [3.63, 3.8) is 0 Å². The number of carbonyl (C=O) groups is 2. The highest BCUT2D eigenvalue weighted by molar-refractivity contribution is 5.78. The van der Waals surface area contributed by atoms with Gasteiger partial charge in [0.15, 0.2) is 0 Å². The van der Waals surface area contributed by atoms with Gasteiger partial charge in [0.2, 0.25) is 5.91 Å². The van der Waals surface area contributed by atoms with Crippen LogP contribution in [0.5, 0.6) is 0 Å². The number of rotatable bonds is 5. The Kier molecular flexibility index (Phi) is 5.35. The molecule has 6 heteroatoms. The molecule has 0 radical (unpaired) electrons. The minimum absolute atomic E-state index is 0.0421. The van der Waals surface area contributed by atoms with E-state index in [9.17, 15) is 9.59 Å². The average Bonchev–Trinajstić information content (AvgIpc) is 3.13. The highest BCUT2D eigenvalue weighted by Crippen LogP contribution is 2.47. The van der Waals surface area contributed by atoms with Gasteiger partial charge >= 0.3 is 6.03 Å². The van der Waals surface area contributed by atoms with Crippen LogP contribution in [0.1, 0.15) is 51.1 Å². The lowest BCUT2D eigenvalue weighted by molar-refractivity contribution is -0.132. The van der Waals surface area contributed by atoms with Gasteiger partial charge in [-0.2, -0.15) is 0 Å². The van der Waals surface area contributed by atoms with Crippen molar-refractivity contribution in [2.24, 2.45) is 5.92 Å². The summed E-state index contributed by atoms with van der Waals surface area (Å²) < 4.78 is 5.87. The summed E-state index contributed by atoms with van der Waals surface area (Å²) in [6, 6.07) is 4.14. The summed E-state index contributed by atoms with van der Waals surface area (Å²) in [5.74, 6) is 3.41. The highest BCUT2D eigenvalue weighted by Gasteiger charge is 2.36. The van der Waals surface area contributed by atoms with Crippen LogP contribution in [-0.2, 0) is 11.2 Å². The van der Waals surface area contributed by atoms with Gasteiger partial charge in [0.25, 0.3) is 0 Å². The fraction of sp³-hybridized carbons (Fsp3) is 0.684. The van der Waals surface area contributed by atoms with Crippen LogP contribution in [0.15, 0.2) is 16.5 Å². The van der Waals surface area contributed by atoms with E-state index in [-0.39, 0.29) is 18.0 Å². The molecule has 138 valence electrons. The first-order chi connectivity index (χ1) is 11.9. The number of furan rings is 1. The second-order valence-corrected chi connectivity index (χ2v) is 7.60. The molecular weight excluding hydrogens is 318 g/mol. The van der Waals surface area contributed by atoms with Gasteiger partial charge < -0.3 is 19.5 Å². The quantitative estimate of drug-likeness (QED) is 0.890. The molecule has 2 fully saturated rings. The molecule has 0 aromatic carbocycles. The van der Waals surface area contributed by atoms with Crippen LogP contribution in [0.25, 0.3) is 0 Å². The summed E-state index contributed by atoms with van der Waals surface area (Å²) in [7, 11) is 0. The zero-order valence-corrected chi connectivity index (χ0v) is 15.5. The van der Waals surface area contributed by atoms with Crippen molar-refractivity contribution in [2.75, 3.05) is 26.2 Å². The Hall–Kier alpha value is -1.98. The van der Waals surface area contributed by atoms with E-state index in [2.05, 4.69) is 18.3 Å². The predicted octanol–water partition coefficient (Wildman–Crippen LogP) is 2.60. The number of urea groups is 1. The van der Waals surface area contributed by atoms with Gasteiger partial charge in [-0.25, -0.2) is 4.79 Å². The van der Waals surface area contributed by atoms with E-state index < -0.39 is 0 Å². The molecule has 25 heavy (non-hydrogen) atoms. The van der Waals surface area contributed by atoms with Crippen molar-refractivity contribution in [2.45, 2.75) is 52.0 Å². The molecule has 1 saturated carbocycles. The summed E-state index contributed by atoms with van der Waals surface area (Å²) >= 11 is 0. The number of nitrogens with zero attached hydrogens (tertiary/aromatic N) is 2. The molecule has 3 amide bonds. The van der Waals surface area contributed by atoms with Crippen molar-refractivity contribution in [3.05, 3.63) is 23.7 Å². The molecule has 2 unspecified atom stereocenters. The van der Waals surface area contributed by atoms with Gasteiger partial charge in [0, 0.05) is 51.0 Å². The third-order valence-electron chi connectivity index (χ3n) is 5.07. The number of hydrogen-bond donors (Lipinski definition) is 1. The first-order valence-electron chi connectivity index (χ1n) is 9.36. The Labute approximate surface area is 149 Å². The van der Waals surface area contributed by atoms with Crippen molar-refractivity contribution < 1.29 is 14.0 Å². The molecule has 1 N–H and O–H groups in total. The predicted molar refractivity (Wildman–Crippen MR) is 95.4 cm³/mol. The maximum atomic E-state index is 12.4. The van der Waals surface area contributed by atoms with Crippen LogP contribution in [0.4, 0.5) is 4.79 Å². The van der Waals surface area contributed by atoms with Crippen LogP contribution >= 0.6 is 0 Å². The van der Waals surface area contributed by atoms with Gasteiger partial charge in [-0.05, 0) is 38.3 Å². The van der Waals surface area contributed by atoms with Gasteiger partial charge in [0.05, 0.1) is 0 Å². The van der Waals surface area contributed by atoms with E-state index in [0.29, 0.717) is 44.9 Å². The Morgan fingerprint density at radius 1 is 1.20 bits per heavy atom. The van der Waals surface area contributed by atoms with Crippen molar-refractivity contribution in [1.82, 2.24) is 15.1 Å². The molecule has 1 saturated heterocycles. The number of carbonyl (C=O) groups excluding carboxylic acids is 2. The van der Waals surface area contributed by atoms with Gasteiger partial charge in [-0.15, -0.1) is 0 Å². The SMILES string of the molecule is CC(C)NC(=O)N1CCN(C(=O)CCc2ccc(C3CC3C)o2)CC1. The number of aryl methyl sites for hydroxylation is 1. The Morgan fingerprint density at radius 3 is 2.44 bits per heavy atom. The first-order valence-corrected chi connectivity index (χ1v) is 9.36. The van der Waals surface area contributed by atoms with Crippen molar-refractivity contribution in [1.29, 1.82) is 0 Å². The van der Waals surface area contributed by atoms with Gasteiger partial charge in [-0.1, -0.05) is 6.92 Å². The molecule has 0 bridgehead atoms. The van der Waals surface area contributed by atoms with Gasteiger partial charge in [0.1, 0.15) is 11.5 Å². The number of hydrogen-bond acceptors (Lipinski definition) is 3. The Bertz CT molecular complexity index is 617. The fourth-order valence-corrected chi connectivity index (χ4v) is 3.33. The molecule has 1 aliphatic carbocycles. The maximum Gasteiger partial charge on any atom is 0.317 e. The molecule has 3 rings (SSSR count). The number of amides is 3. The molecule has 1 aromatic rings. The normalized spacial score (nSPS) is 23.0. The molecule has 6 nitrogen and oxygen atoms in total. The monoisotopic (exact) mass is 347 g/mol. The molecule has 1 aromatic heterocycles. The lowest BCUT2D eigenvalue weighted by Gasteiger charge is -2.35. The molecule has 0 spiro atoms. The van der Waals surface area contributed by atoms with Crippen LogP contribution in [0.2, 0.25) is 0 Å². The second kappa shape index (κ2) is 7.50. The van der Waals surface area contributed by atoms with Crippen LogP contribution in [0, 0.1) is 5.92 Å².